The Hall–Kier alpha value is -3.28. The zero-order valence-electron chi connectivity index (χ0n) is 14.3. The fourth-order valence-electron chi connectivity index (χ4n) is 2.92. The average Bonchev–Trinajstić information content (AvgIpc) is 3.06. The van der Waals surface area contributed by atoms with Crippen LogP contribution in [0.25, 0.3) is 6.08 Å². The molecule has 1 amide bonds. The molecule has 0 aromatic heterocycles. The van der Waals surface area contributed by atoms with Gasteiger partial charge in [-0.2, -0.15) is 0 Å². The van der Waals surface area contributed by atoms with Gasteiger partial charge in [-0.25, -0.2) is 0 Å². The maximum absolute atomic E-state index is 12.3. The van der Waals surface area contributed by atoms with Crippen LogP contribution in [0.5, 0.6) is 0 Å². The van der Waals surface area contributed by atoms with Crippen molar-refractivity contribution in [2.75, 3.05) is 11.4 Å². The van der Waals surface area contributed by atoms with E-state index in [2.05, 4.69) is 0 Å². The van der Waals surface area contributed by atoms with E-state index in [-0.39, 0.29) is 17.4 Å². The number of aryl methyl sites for hydroxylation is 1. The number of ketones is 1. The molecule has 0 unspecified atom stereocenters. The topological polar surface area (TPSA) is 80.5 Å². The molecule has 0 radical (unpaired) electrons. The summed E-state index contributed by atoms with van der Waals surface area (Å²) in [6.07, 6.45) is 4.37. The number of anilines is 1. The van der Waals surface area contributed by atoms with Gasteiger partial charge in [-0.1, -0.05) is 18.2 Å². The lowest BCUT2D eigenvalue weighted by molar-refractivity contribution is -0.385. The monoisotopic (exact) mass is 350 g/mol. The van der Waals surface area contributed by atoms with E-state index >= 15 is 0 Å². The van der Waals surface area contributed by atoms with Crippen LogP contribution in [0.15, 0.2) is 48.5 Å². The molecular formula is C20H18N2O4. The quantitative estimate of drug-likeness (QED) is 0.354. The lowest BCUT2D eigenvalue weighted by atomic mass is 10.1. The van der Waals surface area contributed by atoms with Crippen molar-refractivity contribution in [1.82, 2.24) is 0 Å². The fourth-order valence-corrected chi connectivity index (χ4v) is 2.92. The van der Waals surface area contributed by atoms with E-state index in [1.807, 2.05) is 0 Å². The lowest BCUT2D eigenvalue weighted by Gasteiger charge is -2.15. The lowest BCUT2D eigenvalue weighted by Crippen LogP contribution is -2.23. The van der Waals surface area contributed by atoms with Gasteiger partial charge in [-0.15, -0.1) is 0 Å². The largest absolute Gasteiger partial charge is 0.312 e. The predicted octanol–water partition coefficient (Wildman–Crippen LogP) is 3.93. The number of carbonyl (C=O) groups excluding carboxylic acids is 2. The van der Waals surface area contributed by atoms with Crippen LogP contribution in [0.1, 0.15) is 34.3 Å². The number of nitrogens with zero attached hydrogens (tertiary/aromatic N) is 2. The molecule has 1 heterocycles. The molecule has 0 N–H and O–H groups in total. The maximum atomic E-state index is 12.3. The van der Waals surface area contributed by atoms with Crippen LogP contribution < -0.4 is 4.90 Å². The molecule has 1 aliphatic heterocycles. The van der Waals surface area contributed by atoms with Gasteiger partial charge in [-0.05, 0) is 49.2 Å². The number of hydrogen-bond acceptors (Lipinski definition) is 4. The van der Waals surface area contributed by atoms with Crippen molar-refractivity contribution in [3.05, 3.63) is 75.3 Å². The first-order valence-electron chi connectivity index (χ1n) is 8.33. The molecule has 26 heavy (non-hydrogen) atoms. The number of benzene rings is 2. The predicted molar refractivity (Wildman–Crippen MR) is 99.2 cm³/mol. The second kappa shape index (κ2) is 7.31. The van der Waals surface area contributed by atoms with E-state index in [4.69, 9.17) is 0 Å². The zero-order valence-corrected chi connectivity index (χ0v) is 14.3. The molecular weight excluding hydrogens is 332 g/mol. The summed E-state index contributed by atoms with van der Waals surface area (Å²) in [4.78, 5) is 36.3. The third-order valence-corrected chi connectivity index (χ3v) is 4.39. The van der Waals surface area contributed by atoms with E-state index in [1.165, 1.54) is 12.1 Å². The van der Waals surface area contributed by atoms with E-state index in [1.54, 1.807) is 54.3 Å². The zero-order chi connectivity index (χ0) is 18.7. The number of rotatable bonds is 5. The standard InChI is InChI=1S/C20H18N2O4/c1-14-4-5-15(13-18(14)22(25)26)6-11-19(23)16-7-9-17(10-8-16)21-12-2-3-20(21)24/h4-11,13H,2-3,12H2,1H3/b11-6+. The third-order valence-electron chi connectivity index (χ3n) is 4.39. The SMILES string of the molecule is Cc1ccc(/C=C/C(=O)c2ccc(N3CCCC3=O)cc2)cc1[N+](=O)[O-]. The van der Waals surface area contributed by atoms with Gasteiger partial charge >= 0.3 is 0 Å². The van der Waals surface area contributed by atoms with Gasteiger partial charge in [0.1, 0.15) is 0 Å². The normalized spacial score (nSPS) is 14.2. The van der Waals surface area contributed by atoms with Crippen LogP contribution in [0.4, 0.5) is 11.4 Å². The van der Waals surface area contributed by atoms with Crippen molar-refractivity contribution in [2.24, 2.45) is 0 Å². The van der Waals surface area contributed by atoms with Crippen LogP contribution in [0, 0.1) is 17.0 Å². The molecule has 2 aromatic carbocycles. The Morgan fingerprint density at radius 3 is 2.54 bits per heavy atom. The molecule has 0 saturated carbocycles. The summed E-state index contributed by atoms with van der Waals surface area (Å²) in [5, 5.41) is 11.0. The van der Waals surface area contributed by atoms with Crippen molar-refractivity contribution in [2.45, 2.75) is 19.8 Å². The summed E-state index contributed by atoms with van der Waals surface area (Å²) >= 11 is 0. The van der Waals surface area contributed by atoms with Crippen molar-refractivity contribution >= 4 is 29.1 Å². The molecule has 3 rings (SSSR count). The fraction of sp³-hybridized carbons (Fsp3) is 0.200. The second-order valence-electron chi connectivity index (χ2n) is 6.20. The van der Waals surface area contributed by atoms with Gasteiger partial charge in [-0.3, -0.25) is 19.7 Å². The maximum Gasteiger partial charge on any atom is 0.272 e. The Morgan fingerprint density at radius 1 is 1.19 bits per heavy atom. The van der Waals surface area contributed by atoms with E-state index < -0.39 is 4.92 Å². The summed E-state index contributed by atoms with van der Waals surface area (Å²) < 4.78 is 0. The summed E-state index contributed by atoms with van der Waals surface area (Å²) in [7, 11) is 0. The summed E-state index contributed by atoms with van der Waals surface area (Å²) in [6, 6.07) is 11.7. The first-order valence-corrected chi connectivity index (χ1v) is 8.33. The number of nitro benzene ring substituents is 1. The molecule has 0 atom stereocenters. The highest BCUT2D eigenvalue weighted by atomic mass is 16.6. The number of hydrogen-bond donors (Lipinski definition) is 0. The highest BCUT2D eigenvalue weighted by molar-refractivity contribution is 6.07. The Labute approximate surface area is 150 Å². The van der Waals surface area contributed by atoms with E-state index in [0.717, 1.165) is 12.1 Å². The first kappa shape index (κ1) is 17.5. The number of carbonyl (C=O) groups is 2. The Morgan fingerprint density at radius 2 is 1.92 bits per heavy atom. The summed E-state index contributed by atoms with van der Waals surface area (Å²) in [5.74, 6) is -0.0996. The molecule has 1 aliphatic rings. The van der Waals surface area contributed by atoms with Crippen molar-refractivity contribution in [3.63, 3.8) is 0 Å². The average molecular weight is 350 g/mol. The van der Waals surface area contributed by atoms with Crippen LogP contribution >= 0.6 is 0 Å². The van der Waals surface area contributed by atoms with Gasteiger partial charge in [0, 0.05) is 35.8 Å². The molecule has 132 valence electrons. The van der Waals surface area contributed by atoms with Gasteiger partial charge in [0.2, 0.25) is 5.91 Å². The van der Waals surface area contributed by atoms with Crippen molar-refractivity contribution in [1.29, 1.82) is 0 Å². The number of amides is 1. The molecule has 2 aromatic rings. The van der Waals surface area contributed by atoms with Crippen LogP contribution in [0.3, 0.4) is 0 Å². The van der Waals surface area contributed by atoms with E-state index in [9.17, 15) is 19.7 Å². The van der Waals surface area contributed by atoms with Crippen molar-refractivity contribution < 1.29 is 14.5 Å². The smallest absolute Gasteiger partial charge is 0.272 e. The second-order valence-corrected chi connectivity index (χ2v) is 6.20. The molecule has 6 nitrogen and oxygen atoms in total. The van der Waals surface area contributed by atoms with Gasteiger partial charge in [0.25, 0.3) is 5.69 Å². The van der Waals surface area contributed by atoms with Gasteiger partial charge in [0.15, 0.2) is 5.78 Å². The first-order chi connectivity index (χ1) is 12.5. The van der Waals surface area contributed by atoms with Gasteiger partial charge < -0.3 is 4.90 Å². The highest BCUT2D eigenvalue weighted by Gasteiger charge is 2.21. The summed E-state index contributed by atoms with van der Waals surface area (Å²) in [6.45, 7) is 2.38. The highest BCUT2D eigenvalue weighted by Crippen LogP contribution is 2.22. The summed E-state index contributed by atoms with van der Waals surface area (Å²) in [5.41, 5.74) is 2.49. The van der Waals surface area contributed by atoms with Crippen LogP contribution in [0.2, 0.25) is 0 Å². The van der Waals surface area contributed by atoms with Crippen LogP contribution in [-0.2, 0) is 4.79 Å². The minimum atomic E-state index is -0.438. The van der Waals surface area contributed by atoms with E-state index in [0.29, 0.717) is 29.7 Å². The third kappa shape index (κ3) is 3.69. The molecule has 0 bridgehead atoms. The molecule has 0 aliphatic carbocycles. The van der Waals surface area contributed by atoms with Gasteiger partial charge in [0.05, 0.1) is 4.92 Å². The molecule has 6 heteroatoms. The van der Waals surface area contributed by atoms with Crippen molar-refractivity contribution in [3.8, 4) is 0 Å². The molecule has 1 fully saturated rings. The number of allylic oxidation sites excluding steroid dienone is 1. The molecule has 1 saturated heterocycles. The Kier molecular flexibility index (Phi) is 4.93. The molecule has 0 spiro atoms. The van der Waals surface area contributed by atoms with Crippen LogP contribution in [-0.4, -0.2) is 23.2 Å². The minimum Gasteiger partial charge on any atom is -0.312 e. The number of nitro groups is 1. The minimum absolute atomic E-state index is 0.0271. The Balaban J connectivity index is 1.73. The Bertz CT molecular complexity index is 901.